The summed E-state index contributed by atoms with van der Waals surface area (Å²) in [4.78, 5) is 3.19. The van der Waals surface area contributed by atoms with Crippen molar-refractivity contribution in [1.29, 1.82) is 0 Å². The molecule has 0 atom stereocenters. The fourth-order valence-electron chi connectivity index (χ4n) is 2.08. The number of aryl methyl sites for hydroxylation is 1. The average Bonchev–Trinajstić information content (AvgIpc) is 2.86. The molecule has 0 fully saturated rings. The van der Waals surface area contributed by atoms with Crippen molar-refractivity contribution >= 4 is 5.69 Å². The van der Waals surface area contributed by atoms with Crippen molar-refractivity contribution in [3.05, 3.63) is 35.4 Å². The van der Waals surface area contributed by atoms with Gasteiger partial charge in [0.2, 0.25) is 0 Å². The van der Waals surface area contributed by atoms with Crippen molar-refractivity contribution in [2.45, 2.75) is 40.3 Å². The van der Waals surface area contributed by atoms with Crippen LogP contribution < -0.4 is 5.32 Å². The van der Waals surface area contributed by atoms with E-state index in [1.807, 2.05) is 19.2 Å². The Morgan fingerprint density at radius 1 is 1.41 bits per heavy atom. The summed E-state index contributed by atoms with van der Waals surface area (Å²) in [5, 5.41) is 8.00. The van der Waals surface area contributed by atoms with Crippen LogP contribution in [0.3, 0.4) is 0 Å². The molecule has 0 aliphatic heterocycles. The molecule has 0 unspecified atom stereocenters. The van der Waals surface area contributed by atoms with Crippen molar-refractivity contribution in [2.24, 2.45) is 0 Å². The maximum atomic E-state index is 4.55. The summed E-state index contributed by atoms with van der Waals surface area (Å²) in [5.74, 6) is 0. The molecule has 0 aliphatic carbocycles. The number of nitrogens with one attached hydrogen (secondary N) is 2. The Hall–Kier alpha value is -1.71. The van der Waals surface area contributed by atoms with Gasteiger partial charge in [0.05, 0.1) is 23.6 Å². The highest BCUT2D eigenvalue weighted by molar-refractivity contribution is 5.52. The van der Waals surface area contributed by atoms with Crippen LogP contribution in [-0.2, 0) is 6.54 Å². The smallest absolute Gasteiger partial charge is 0.0828 e. The molecule has 0 saturated carbocycles. The number of aromatic amines is 1. The SMILES string of the molecule is Cc1nn(C(C)C)c(C)c1NCc1ccc[nH]1. The summed E-state index contributed by atoms with van der Waals surface area (Å²) in [5.41, 5.74) is 4.58. The van der Waals surface area contributed by atoms with Gasteiger partial charge in [-0.15, -0.1) is 0 Å². The molecule has 2 rings (SSSR count). The molecule has 0 spiro atoms. The first-order valence-corrected chi connectivity index (χ1v) is 6.01. The van der Waals surface area contributed by atoms with Gasteiger partial charge in [0.15, 0.2) is 0 Å². The zero-order chi connectivity index (χ0) is 12.4. The van der Waals surface area contributed by atoms with Crippen LogP contribution in [0, 0.1) is 13.8 Å². The van der Waals surface area contributed by atoms with Gasteiger partial charge in [-0.05, 0) is 39.8 Å². The molecular weight excluding hydrogens is 212 g/mol. The molecule has 92 valence electrons. The highest BCUT2D eigenvalue weighted by Gasteiger charge is 2.12. The summed E-state index contributed by atoms with van der Waals surface area (Å²) < 4.78 is 2.06. The minimum atomic E-state index is 0.398. The number of nitrogens with zero attached hydrogens (tertiary/aromatic N) is 2. The number of hydrogen-bond acceptors (Lipinski definition) is 2. The van der Waals surface area contributed by atoms with Crippen LogP contribution in [0.1, 0.15) is 37.0 Å². The standard InChI is InChI=1S/C13H20N4/c1-9(2)17-11(4)13(10(3)16-17)15-8-12-6-5-7-14-12/h5-7,9,14-15H,8H2,1-4H3. The molecule has 2 N–H and O–H groups in total. The van der Waals surface area contributed by atoms with Crippen LogP contribution in [-0.4, -0.2) is 14.8 Å². The zero-order valence-electron chi connectivity index (χ0n) is 10.9. The topological polar surface area (TPSA) is 45.6 Å². The zero-order valence-corrected chi connectivity index (χ0v) is 10.9. The molecule has 2 aromatic heterocycles. The molecule has 17 heavy (non-hydrogen) atoms. The lowest BCUT2D eigenvalue weighted by atomic mass is 10.3. The Bertz CT molecular complexity index is 480. The summed E-state index contributed by atoms with van der Waals surface area (Å²) >= 11 is 0. The highest BCUT2D eigenvalue weighted by atomic mass is 15.3. The lowest BCUT2D eigenvalue weighted by Crippen LogP contribution is -2.06. The van der Waals surface area contributed by atoms with Crippen molar-refractivity contribution in [3.8, 4) is 0 Å². The first-order valence-electron chi connectivity index (χ1n) is 6.01. The van der Waals surface area contributed by atoms with E-state index in [1.165, 1.54) is 11.4 Å². The van der Waals surface area contributed by atoms with E-state index in [4.69, 9.17) is 0 Å². The van der Waals surface area contributed by atoms with E-state index >= 15 is 0 Å². The molecule has 4 nitrogen and oxygen atoms in total. The Morgan fingerprint density at radius 2 is 2.18 bits per heavy atom. The number of anilines is 1. The number of H-pyrrole nitrogens is 1. The third-order valence-electron chi connectivity index (χ3n) is 2.93. The first kappa shape index (κ1) is 11.8. The molecule has 2 aromatic rings. The number of rotatable bonds is 4. The van der Waals surface area contributed by atoms with Gasteiger partial charge in [-0.3, -0.25) is 4.68 Å². The molecular formula is C13H20N4. The lowest BCUT2D eigenvalue weighted by molar-refractivity contribution is 0.516. The van der Waals surface area contributed by atoms with Crippen molar-refractivity contribution in [2.75, 3.05) is 5.32 Å². The average molecular weight is 232 g/mol. The second-order valence-electron chi connectivity index (χ2n) is 4.63. The fraction of sp³-hybridized carbons (Fsp3) is 0.462. The predicted molar refractivity (Wildman–Crippen MR) is 70.2 cm³/mol. The molecule has 0 bridgehead atoms. The largest absolute Gasteiger partial charge is 0.376 e. The van der Waals surface area contributed by atoms with Gasteiger partial charge in [-0.1, -0.05) is 0 Å². The van der Waals surface area contributed by atoms with Crippen molar-refractivity contribution in [3.63, 3.8) is 0 Å². The summed E-state index contributed by atoms with van der Waals surface area (Å²) in [6.07, 6.45) is 1.94. The van der Waals surface area contributed by atoms with E-state index in [0.29, 0.717) is 6.04 Å². The van der Waals surface area contributed by atoms with Crippen LogP contribution >= 0.6 is 0 Å². The predicted octanol–water partition coefficient (Wildman–Crippen LogP) is 3.02. The summed E-state index contributed by atoms with van der Waals surface area (Å²) in [7, 11) is 0. The lowest BCUT2D eigenvalue weighted by Gasteiger charge is -2.09. The third-order valence-corrected chi connectivity index (χ3v) is 2.93. The van der Waals surface area contributed by atoms with Crippen LogP contribution in [0.4, 0.5) is 5.69 Å². The fourth-order valence-corrected chi connectivity index (χ4v) is 2.08. The Kier molecular flexibility index (Phi) is 3.22. The third kappa shape index (κ3) is 2.35. The van der Waals surface area contributed by atoms with E-state index in [2.05, 4.69) is 46.9 Å². The highest BCUT2D eigenvalue weighted by Crippen LogP contribution is 2.22. The summed E-state index contributed by atoms with van der Waals surface area (Å²) in [6, 6.07) is 4.48. The Morgan fingerprint density at radius 3 is 2.71 bits per heavy atom. The van der Waals surface area contributed by atoms with E-state index in [1.54, 1.807) is 0 Å². The van der Waals surface area contributed by atoms with Crippen LogP contribution in [0.2, 0.25) is 0 Å². The summed E-state index contributed by atoms with van der Waals surface area (Å²) in [6.45, 7) is 9.25. The molecule has 4 heteroatoms. The second kappa shape index (κ2) is 4.65. The molecule has 0 aromatic carbocycles. The monoisotopic (exact) mass is 232 g/mol. The Balaban J connectivity index is 2.15. The van der Waals surface area contributed by atoms with Gasteiger partial charge < -0.3 is 10.3 Å². The minimum absolute atomic E-state index is 0.398. The van der Waals surface area contributed by atoms with E-state index in [0.717, 1.165) is 17.9 Å². The van der Waals surface area contributed by atoms with Crippen molar-refractivity contribution < 1.29 is 0 Å². The minimum Gasteiger partial charge on any atom is -0.376 e. The second-order valence-corrected chi connectivity index (χ2v) is 4.63. The molecule has 0 saturated heterocycles. The van der Waals surface area contributed by atoms with Crippen LogP contribution in [0.5, 0.6) is 0 Å². The first-order chi connectivity index (χ1) is 8.09. The van der Waals surface area contributed by atoms with Gasteiger partial charge in [0.25, 0.3) is 0 Å². The Labute approximate surface area is 102 Å². The van der Waals surface area contributed by atoms with Gasteiger partial charge in [0, 0.05) is 17.9 Å². The van der Waals surface area contributed by atoms with E-state index in [9.17, 15) is 0 Å². The molecule has 0 aliphatic rings. The number of aromatic nitrogens is 3. The van der Waals surface area contributed by atoms with Crippen LogP contribution in [0.25, 0.3) is 0 Å². The normalized spacial score (nSPS) is 11.1. The van der Waals surface area contributed by atoms with Crippen LogP contribution in [0.15, 0.2) is 18.3 Å². The maximum absolute atomic E-state index is 4.55. The van der Waals surface area contributed by atoms with Gasteiger partial charge >= 0.3 is 0 Å². The number of hydrogen-bond donors (Lipinski definition) is 2. The molecule has 0 radical (unpaired) electrons. The quantitative estimate of drug-likeness (QED) is 0.851. The molecule has 0 amide bonds. The maximum Gasteiger partial charge on any atom is 0.0828 e. The van der Waals surface area contributed by atoms with E-state index in [-0.39, 0.29) is 0 Å². The van der Waals surface area contributed by atoms with Gasteiger partial charge in [-0.25, -0.2) is 0 Å². The van der Waals surface area contributed by atoms with Crippen molar-refractivity contribution in [1.82, 2.24) is 14.8 Å². The van der Waals surface area contributed by atoms with Gasteiger partial charge in [-0.2, -0.15) is 5.10 Å². The van der Waals surface area contributed by atoms with E-state index < -0.39 is 0 Å². The van der Waals surface area contributed by atoms with Gasteiger partial charge in [0.1, 0.15) is 0 Å². The molecule has 2 heterocycles.